The first-order valence-electron chi connectivity index (χ1n) is 11.2. The largest absolute Gasteiger partial charge is 0.386 e. The molecule has 1 aliphatic heterocycles. The molecule has 170 valence electrons. The van der Waals surface area contributed by atoms with E-state index in [2.05, 4.69) is 19.9 Å². The molecule has 5 rings (SSSR count). The van der Waals surface area contributed by atoms with Crippen LogP contribution >= 0.6 is 0 Å². The van der Waals surface area contributed by atoms with Crippen molar-refractivity contribution in [2.45, 2.75) is 32.3 Å². The molecule has 0 bridgehead atoms. The quantitative estimate of drug-likeness (QED) is 0.502. The lowest BCUT2D eigenvalue weighted by atomic mass is 9.91. The molecule has 1 amide bonds. The Bertz CT molecular complexity index is 1350. The number of aryl methyl sites for hydroxylation is 2. The van der Waals surface area contributed by atoms with Crippen molar-refractivity contribution in [1.82, 2.24) is 24.8 Å². The Labute approximate surface area is 192 Å². The standard InChI is InChI=1S/C25H28N6O2/c1-16-5-7-20-23(27-16)22(9-11-26-20)31-12-4-10-25(33,15-31)14-30(3)24(32)18-6-8-19-21(13-18)29-17(2)28-19/h5-9,11,13,33H,4,10,12,14-15H2,1-3H3,(H,28,29)/t25-/m0/s1. The number of carbonyl (C=O) groups excluding carboxylic acids is 1. The monoisotopic (exact) mass is 444 g/mol. The molecule has 0 saturated carbocycles. The number of nitrogens with zero attached hydrogens (tertiary/aromatic N) is 5. The van der Waals surface area contributed by atoms with E-state index in [1.54, 1.807) is 24.2 Å². The molecule has 4 aromatic rings. The summed E-state index contributed by atoms with van der Waals surface area (Å²) in [6.45, 7) is 5.35. The first-order chi connectivity index (χ1) is 15.8. The van der Waals surface area contributed by atoms with Gasteiger partial charge in [0.2, 0.25) is 0 Å². The number of benzene rings is 1. The Hall–Kier alpha value is -3.52. The summed E-state index contributed by atoms with van der Waals surface area (Å²) < 4.78 is 0. The van der Waals surface area contributed by atoms with Gasteiger partial charge in [0.05, 0.1) is 34.4 Å². The number of aromatic nitrogens is 4. The van der Waals surface area contributed by atoms with Crippen LogP contribution in [0.1, 0.15) is 34.7 Å². The Morgan fingerprint density at radius 2 is 2.00 bits per heavy atom. The predicted octanol–water partition coefficient (Wildman–Crippen LogP) is 3.23. The molecule has 1 saturated heterocycles. The number of carbonyl (C=O) groups is 1. The number of hydrogen-bond acceptors (Lipinski definition) is 6. The molecule has 0 aliphatic carbocycles. The van der Waals surface area contributed by atoms with Crippen LogP contribution in [0.15, 0.2) is 42.6 Å². The molecule has 3 aromatic heterocycles. The summed E-state index contributed by atoms with van der Waals surface area (Å²) >= 11 is 0. The van der Waals surface area contributed by atoms with Crippen LogP contribution < -0.4 is 4.90 Å². The normalized spacial score (nSPS) is 18.7. The maximum atomic E-state index is 13.1. The summed E-state index contributed by atoms with van der Waals surface area (Å²) in [5.74, 6) is 0.689. The minimum atomic E-state index is -1.02. The zero-order chi connectivity index (χ0) is 23.2. The Morgan fingerprint density at radius 1 is 1.18 bits per heavy atom. The van der Waals surface area contributed by atoms with E-state index in [1.807, 2.05) is 44.2 Å². The molecule has 1 aliphatic rings. The van der Waals surface area contributed by atoms with Gasteiger partial charge in [-0.3, -0.25) is 9.78 Å². The van der Waals surface area contributed by atoms with Crippen molar-refractivity contribution >= 4 is 33.7 Å². The van der Waals surface area contributed by atoms with Crippen LogP contribution in [0.25, 0.3) is 22.1 Å². The second-order valence-electron chi connectivity index (χ2n) is 9.12. The number of imidazole rings is 1. The lowest BCUT2D eigenvalue weighted by molar-refractivity contribution is 0.0000674. The Kier molecular flexibility index (Phi) is 5.25. The predicted molar refractivity (Wildman–Crippen MR) is 128 cm³/mol. The third kappa shape index (κ3) is 4.14. The Morgan fingerprint density at radius 3 is 2.85 bits per heavy atom. The molecular weight excluding hydrogens is 416 g/mol. The topological polar surface area (TPSA) is 98.2 Å². The number of amides is 1. The van der Waals surface area contributed by atoms with Crippen LogP contribution in [-0.4, -0.2) is 68.1 Å². The second kappa shape index (κ2) is 8.12. The minimum Gasteiger partial charge on any atom is -0.386 e. The number of aliphatic hydroxyl groups is 1. The molecule has 2 N–H and O–H groups in total. The number of hydrogen-bond donors (Lipinski definition) is 2. The third-order valence-electron chi connectivity index (χ3n) is 6.32. The van der Waals surface area contributed by atoms with Crippen molar-refractivity contribution in [2.75, 3.05) is 31.6 Å². The van der Waals surface area contributed by atoms with Crippen LogP contribution in [0.4, 0.5) is 5.69 Å². The van der Waals surface area contributed by atoms with E-state index in [1.165, 1.54) is 0 Å². The number of nitrogens with one attached hydrogen (secondary N) is 1. The van der Waals surface area contributed by atoms with E-state index in [0.717, 1.165) is 52.2 Å². The summed E-state index contributed by atoms with van der Waals surface area (Å²) in [6.07, 6.45) is 3.24. The molecule has 8 heteroatoms. The van der Waals surface area contributed by atoms with E-state index in [-0.39, 0.29) is 12.5 Å². The van der Waals surface area contributed by atoms with Crippen LogP contribution in [0, 0.1) is 13.8 Å². The number of likely N-dealkylation sites (N-methyl/N-ethyl adjacent to an activating group) is 1. The molecule has 4 heterocycles. The van der Waals surface area contributed by atoms with Gasteiger partial charge >= 0.3 is 0 Å². The highest BCUT2D eigenvalue weighted by Crippen LogP contribution is 2.31. The molecule has 1 aromatic carbocycles. The SMILES string of the molecule is Cc1ccc2nccc(N3CCC[C@](O)(CN(C)C(=O)c4ccc5nc(C)[nH]c5c4)C3)c2n1. The van der Waals surface area contributed by atoms with Crippen molar-refractivity contribution in [2.24, 2.45) is 0 Å². The Balaban J connectivity index is 1.35. The van der Waals surface area contributed by atoms with Crippen LogP contribution in [0.3, 0.4) is 0 Å². The van der Waals surface area contributed by atoms with Crippen molar-refractivity contribution in [3.63, 3.8) is 0 Å². The number of H-pyrrole nitrogens is 1. The molecular formula is C25H28N6O2. The fraction of sp³-hybridized carbons (Fsp3) is 0.360. The fourth-order valence-electron chi connectivity index (χ4n) is 4.82. The van der Waals surface area contributed by atoms with Crippen LogP contribution in [0.5, 0.6) is 0 Å². The van der Waals surface area contributed by atoms with E-state index < -0.39 is 5.60 Å². The van der Waals surface area contributed by atoms with E-state index >= 15 is 0 Å². The summed E-state index contributed by atoms with van der Waals surface area (Å²) in [5, 5.41) is 11.5. The lowest BCUT2D eigenvalue weighted by Gasteiger charge is -2.42. The van der Waals surface area contributed by atoms with Crippen molar-refractivity contribution in [1.29, 1.82) is 0 Å². The number of anilines is 1. The van der Waals surface area contributed by atoms with Gasteiger partial charge in [0, 0.05) is 37.6 Å². The van der Waals surface area contributed by atoms with Gasteiger partial charge in [-0.15, -0.1) is 0 Å². The molecule has 0 unspecified atom stereocenters. The summed E-state index contributed by atoms with van der Waals surface area (Å²) in [6, 6.07) is 11.3. The third-order valence-corrected chi connectivity index (χ3v) is 6.32. The van der Waals surface area contributed by atoms with Crippen LogP contribution in [0.2, 0.25) is 0 Å². The highest BCUT2D eigenvalue weighted by atomic mass is 16.3. The average molecular weight is 445 g/mol. The first-order valence-corrected chi connectivity index (χ1v) is 11.2. The number of piperidine rings is 1. The second-order valence-corrected chi connectivity index (χ2v) is 9.12. The zero-order valence-electron chi connectivity index (χ0n) is 19.2. The molecule has 0 spiro atoms. The molecule has 0 radical (unpaired) electrons. The van der Waals surface area contributed by atoms with Gasteiger partial charge in [0.25, 0.3) is 5.91 Å². The van der Waals surface area contributed by atoms with Gasteiger partial charge in [0.1, 0.15) is 11.3 Å². The smallest absolute Gasteiger partial charge is 0.253 e. The van der Waals surface area contributed by atoms with Gasteiger partial charge in [-0.2, -0.15) is 0 Å². The van der Waals surface area contributed by atoms with Gasteiger partial charge in [-0.25, -0.2) is 9.97 Å². The highest BCUT2D eigenvalue weighted by molar-refractivity contribution is 5.97. The van der Waals surface area contributed by atoms with Gasteiger partial charge in [0.15, 0.2) is 0 Å². The number of β-amino-alcohol motifs (C(OH)–C–C–N with tert-alkyl or cyclic N) is 1. The molecule has 1 fully saturated rings. The summed E-state index contributed by atoms with van der Waals surface area (Å²) in [5.41, 5.74) is 4.80. The first kappa shape index (κ1) is 21.3. The maximum absolute atomic E-state index is 13.1. The zero-order valence-corrected chi connectivity index (χ0v) is 19.2. The van der Waals surface area contributed by atoms with E-state index in [9.17, 15) is 9.90 Å². The maximum Gasteiger partial charge on any atom is 0.253 e. The number of aromatic amines is 1. The number of pyridine rings is 2. The van der Waals surface area contributed by atoms with Crippen molar-refractivity contribution < 1.29 is 9.90 Å². The molecule has 8 nitrogen and oxygen atoms in total. The number of fused-ring (bicyclic) bond motifs is 2. The van der Waals surface area contributed by atoms with E-state index in [4.69, 9.17) is 4.98 Å². The average Bonchev–Trinajstić information content (AvgIpc) is 3.17. The van der Waals surface area contributed by atoms with Crippen molar-refractivity contribution in [3.05, 3.63) is 59.7 Å². The van der Waals surface area contributed by atoms with Gasteiger partial charge < -0.3 is 19.9 Å². The lowest BCUT2D eigenvalue weighted by Crippen LogP contribution is -2.54. The minimum absolute atomic E-state index is 0.124. The highest BCUT2D eigenvalue weighted by Gasteiger charge is 2.36. The summed E-state index contributed by atoms with van der Waals surface area (Å²) in [4.78, 5) is 33.6. The van der Waals surface area contributed by atoms with Gasteiger partial charge in [-0.05, 0) is 63.1 Å². The molecule has 1 atom stereocenters. The number of rotatable bonds is 4. The molecule has 33 heavy (non-hydrogen) atoms. The van der Waals surface area contributed by atoms with Gasteiger partial charge in [-0.1, -0.05) is 0 Å². The summed E-state index contributed by atoms with van der Waals surface area (Å²) in [7, 11) is 1.74. The fourth-order valence-corrected chi connectivity index (χ4v) is 4.82. The van der Waals surface area contributed by atoms with E-state index in [0.29, 0.717) is 18.5 Å². The van der Waals surface area contributed by atoms with Crippen molar-refractivity contribution in [3.8, 4) is 0 Å². The van der Waals surface area contributed by atoms with Crippen LogP contribution in [-0.2, 0) is 0 Å².